The molecule has 1 N–H and O–H groups in total. The number of benzene rings is 1. The third kappa shape index (κ3) is 7.17. The van der Waals surface area contributed by atoms with Crippen molar-refractivity contribution < 1.29 is 19.1 Å². The maximum atomic E-state index is 12.1. The van der Waals surface area contributed by atoms with Crippen LogP contribution in [-0.4, -0.2) is 30.8 Å². The first-order valence-corrected chi connectivity index (χ1v) is 7.85. The number of ether oxygens (including phenoxy) is 2. The predicted octanol–water partition coefficient (Wildman–Crippen LogP) is 3.32. The summed E-state index contributed by atoms with van der Waals surface area (Å²) in [5.41, 5.74) is 0.404. The molecule has 0 aromatic heterocycles. The Balaban J connectivity index is 2.63. The van der Waals surface area contributed by atoms with Crippen LogP contribution in [0.4, 0.5) is 4.79 Å². The van der Waals surface area contributed by atoms with E-state index in [1.807, 2.05) is 58.0 Å². The lowest BCUT2D eigenvalue weighted by Gasteiger charge is -2.27. The van der Waals surface area contributed by atoms with Gasteiger partial charge in [0.1, 0.15) is 11.6 Å². The Morgan fingerprint density at radius 3 is 2.30 bits per heavy atom. The maximum absolute atomic E-state index is 12.1. The quantitative estimate of drug-likeness (QED) is 0.782. The predicted molar refractivity (Wildman–Crippen MR) is 89.1 cm³/mol. The summed E-state index contributed by atoms with van der Waals surface area (Å²) in [4.78, 5) is 23.9. The fourth-order valence-corrected chi connectivity index (χ4v) is 2.37. The zero-order chi connectivity index (χ0) is 17.5. The minimum Gasteiger partial charge on any atom is -0.467 e. The van der Waals surface area contributed by atoms with Crippen molar-refractivity contribution in [1.82, 2.24) is 5.32 Å². The van der Waals surface area contributed by atoms with Gasteiger partial charge in [0.15, 0.2) is 0 Å². The second-order valence-corrected chi connectivity index (χ2v) is 6.66. The number of amides is 1. The van der Waals surface area contributed by atoms with E-state index in [-0.39, 0.29) is 5.92 Å². The topological polar surface area (TPSA) is 64.6 Å². The third-order valence-electron chi connectivity index (χ3n) is 3.33. The van der Waals surface area contributed by atoms with Crippen molar-refractivity contribution in [3.8, 4) is 0 Å². The monoisotopic (exact) mass is 321 g/mol. The van der Waals surface area contributed by atoms with E-state index in [1.54, 1.807) is 0 Å². The summed E-state index contributed by atoms with van der Waals surface area (Å²) in [5, 5.41) is 2.61. The van der Waals surface area contributed by atoms with Gasteiger partial charge in [-0.15, -0.1) is 0 Å². The molecule has 1 unspecified atom stereocenters. The van der Waals surface area contributed by atoms with Crippen LogP contribution in [0.5, 0.6) is 0 Å². The van der Waals surface area contributed by atoms with Gasteiger partial charge < -0.3 is 14.8 Å². The fraction of sp³-hybridized carbons (Fsp3) is 0.556. The van der Waals surface area contributed by atoms with E-state index in [1.165, 1.54) is 7.11 Å². The van der Waals surface area contributed by atoms with E-state index in [9.17, 15) is 9.59 Å². The number of carbonyl (C=O) groups is 2. The van der Waals surface area contributed by atoms with Crippen molar-refractivity contribution in [2.75, 3.05) is 7.11 Å². The van der Waals surface area contributed by atoms with Crippen LogP contribution in [0.15, 0.2) is 30.3 Å². The zero-order valence-corrected chi connectivity index (χ0v) is 14.6. The highest BCUT2D eigenvalue weighted by molar-refractivity contribution is 5.81. The molecular weight excluding hydrogens is 294 g/mol. The van der Waals surface area contributed by atoms with Crippen LogP contribution in [-0.2, 0) is 20.7 Å². The van der Waals surface area contributed by atoms with Gasteiger partial charge >= 0.3 is 12.1 Å². The summed E-state index contributed by atoms with van der Waals surface area (Å²) < 4.78 is 10.2. The molecule has 0 saturated carbocycles. The summed E-state index contributed by atoms with van der Waals surface area (Å²) in [6.45, 7) is 7.63. The smallest absolute Gasteiger partial charge is 0.408 e. The largest absolute Gasteiger partial charge is 0.467 e. The third-order valence-corrected chi connectivity index (χ3v) is 3.33. The minimum atomic E-state index is -0.694. The molecular formula is C18H27NO4. The van der Waals surface area contributed by atoms with Crippen molar-refractivity contribution in [2.45, 2.75) is 52.2 Å². The number of hydrogen-bond donors (Lipinski definition) is 1. The van der Waals surface area contributed by atoms with Crippen molar-refractivity contribution in [1.29, 1.82) is 0 Å². The average Bonchev–Trinajstić information content (AvgIpc) is 2.45. The van der Waals surface area contributed by atoms with Crippen molar-refractivity contribution in [3.05, 3.63) is 35.9 Å². The van der Waals surface area contributed by atoms with E-state index in [4.69, 9.17) is 9.47 Å². The lowest BCUT2D eigenvalue weighted by molar-refractivity contribution is -0.143. The molecule has 1 rings (SSSR count). The molecule has 0 fully saturated rings. The summed E-state index contributed by atoms with van der Waals surface area (Å²) in [5.74, 6) is -0.215. The summed E-state index contributed by atoms with van der Waals surface area (Å²) in [7, 11) is 1.31. The molecule has 0 aliphatic heterocycles. The lowest BCUT2D eigenvalue weighted by atomic mass is 9.98. The van der Waals surface area contributed by atoms with Crippen LogP contribution in [0.1, 0.15) is 39.7 Å². The Hall–Kier alpha value is -2.04. The number of carbonyl (C=O) groups excluding carboxylic acids is 2. The molecule has 0 aliphatic carbocycles. The molecule has 0 saturated heterocycles. The molecule has 0 radical (unpaired) electrons. The van der Waals surface area contributed by atoms with Gasteiger partial charge in [-0.3, -0.25) is 0 Å². The van der Waals surface area contributed by atoms with Crippen LogP contribution in [0.25, 0.3) is 0 Å². The molecule has 5 heteroatoms. The van der Waals surface area contributed by atoms with Crippen LogP contribution in [0.3, 0.4) is 0 Å². The Morgan fingerprint density at radius 2 is 1.78 bits per heavy atom. The standard InChI is InChI=1S/C18H27NO4/c1-13(2)11-15(16(20)22-5)19-17(21)23-18(3,4)12-14-9-7-6-8-10-14/h6-10,13,15H,11-12H2,1-5H3,(H,19,21). The number of esters is 1. The first kappa shape index (κ1) is 19.0. The van der Waals surface area contributed by atoms with Crippen molar-refractivity contribution in [2.24, 2.45) is 5.92 Å². The lowest BCUT2D eigenvalue weighted by Crippen LogP contribution is -2.45. The van der Waals surface area contributed by atoms with Gasteiger partial charge in [0.25, 0.3) is 0 Å². The minimum absolute atomic E-state index is 0.247. The first-order valence-electron chi connectivity index (χ1n) is 7.85. The van der Waals surface area contributed by atoms with Gasteiger partial charge in [0, 0.05) is 6.42 Å². The molecule has 0 aliphatic rings. The highest BCUT2D eigenvalue weighted by Gasteiger charge is 2.28. The highest BCUT2D eigenvalue weighted by Crippen LogP contribution is 2.17. The Morgan fingerprint density at radius 1 is 1.17 bits per heavy atom. The van der Waals surface area contributed by atoms with Crippen LogP contribution in [0, 0.1) is 5.92 Å². The molecule has 5 nitrogen and oxygen atoms in total. The molecule has 1 atom stereocenters. The number of methoxy groups -OCH3 is 1. The molecule has 128 valence electrons. The average molecular weight is 321 g/mol. The van der Waals surface area contributed by atoms with Gasteiger partial charge in [-0.2, -0.15) is 0 Å². The van der Waals surface area contributed by atoms with E-state index < -0.39 is 23.7 Å². The second kappa shape index (κ2) is 8.56. The van der Waals surface area contributed by atoms with E-state index in [0.29, 0.717) is 12.8 Å². The van der Waals surface area contributed by atoms with Crippen LogP contribution < -0.4 is 5.32 Å². The van der Waals surface area contributed by atoms with Gasteiger partial charge in [-0.05, 0) is 31.7 Å². The SMILES string of the molecule is COC(=O)C(CC(C)C)NC(=O)OC(C)(C)Cc1ccccc1. The normalized spacial score (nSPS) is 12.6. The zero-order valence-electron chi connectivity index (χ0n) is 14.6. The Bertz CT molecular complexity index is 511. The molecule has 0 heterocycles. The molecule has 0 bridgehead atoms. The molecule has 0 spiro atoms. The molecule has 1 amide bonds. The second-order valence-electron chi connectivity index (χ2n) is 6.66. The van der Waals surface area contributed by atoms with E-state index >= 15 is 0 Å². The summed E-state index contributed by atoms with van der Waals surface area (Å²) >= 11 is 0. The number of hydrogen-bond acceptors (Lipinski definition) is 4. The van der Waals surface area contributed by atoms with Crippen molar-refractivity contribution >= 4 is 12.1 Å². The summed E-state index contributed by atoms with van der Waals surface area (Å²) in [6.07, 6.45) is 0.483. The Labute approximate surface area is 138 Å². The molecule has 1 aromatic carbocycles. The van der Waals surface area contributed by atoms with Crippen LogP contribution in [0.2, 0.25) is 0 Å². The van der Waals surface area contributed by atoms with E-state index in [0.717, 1.165) is 5.56 Å². The number of alkyl carbamates (subject to hydrolysis) is 1. The highest BCUT2D eigenvalue weighted by atomic mass is 16.6. The number of rotatable bonds is 7. The van der Waals surface area contributed by atoms with Crippen molar-refractivity contribution in [3.63, 3.8) is 0 Å². The first-order chi connectivity index (χ1) is 10.7. The number of nitrogens with one attached hydrogen (secondary N) is 1. The molecule has 23 heavy (non-hydrogen) atoms. The van der Waals surface area contributed by atoms with Gasteiger partial charge in [0.05, 0.1) is 7.11 Å². The van der Waals surface area contributed by atoms with Gasteiger partial charge in [0.2, 0.25) is 0 Å². The Kier molecular flexibility index (Phi) is 7.07. The maximum Gasteiger partial charge on any atom is 0.408 e. The van der Waals surface area contributed by atoms with Gasteiger partial charge in [-0.25, -0.2) is 9.59 Å². The van der Waals surface area contributed by atoms with Gasteiger partial charge in [-0.1, -0.05) is 44.2 Å². The van der Waals surface area contributed by atoms with Crippen LogP contribution >= 0.6 is 0 Å². The molecule has 1 aromatic rings. The summed E-state index contributed by atoms with van der Waals surface area (Å²) in [6, 6.07) is 9.11. The van der Waals surface area contributed by atoms with E-state index in [2.05, 4.69) is 5.32 Å². The fourth-order valence-electron chi connectivity index (χ4n) is 2.37.